The number of hydrogen-bond acceptors (Lipinski definition) is 8. The maximum atomic E-state index is 6.27. The zero-order valence-electron chi connectivity index (χ0n) is 19.3. The Morgan fingerprint density at radius 2 is 2.03 bits per heavy atom. The van der Waals surface area contributed by atoms with Crippen LogP contribution in [-0.2, 0) is 23.7 Å². The van der Waals surface area contributed by atoms with Crippen LogP contribution in [0, 0.1) is 0 Å². The molecule has 2 N–H and O–H groups in total. The fourth-order valence-electron chi connectivity index (χ4n) is 4.76. The normalized spacial score (nSPS) is 23.7. The van der Waals surface area contributed by atoms with Gasteiger partial charge < -0.3 is 20.3 Å². The Morgan fingerprint density at radius 3 is 2.78 bits per heavy atom. The van der Waals surface area contributed by atoms with Crippen LogP contribution in [0.4, 0.5) is 23.3 Å². The number of aryl methyl sites for hydroxylation is 1. The summed E-state index contributed by atoms with van der Waals surface area (Å²) < 4.78 is 8.02. The third kappa shape index (κ3) is 3.51. The molecular weight excluding hydrogens is 404 g/mol. The Hall–Kier alpha value is -3.04. The number of nitrogens with one attached hydrogen (secondary N) is 2. The third-order valence-electron chi connectivity index (χ3n) is 6.46. The quantitative estimate of drug-likeness (QED) is 0.633. The van der Waals surface area contributed by atoms with Crippen LogP contribution < -0.4 is 15.5 Å². The highest BCUT2D eigenvalue weighted by Crippen LogP contribution is 2.52. The van der Waals surface area contributed by atoms with Gasteiger partial charge in [0.25, 0.3) is 0 Å². The van der Waals surface area contributed by atoms with E-state index in [1.165, 1.54) is 0 Å². The van der Waals surface area contributed by atoms with E-state index in [9.17, 15) is 0 Å². The van der Waals surface area contributed by atoms with Crippen LogP contribution in [0.2, 0.25) is 0 Å². The molecule has 5 heterocycles. The van der Waals surface area contributed by atoms with Gasteiger partial charge in [0.2, 0.25) is 5.95 Å². The van der Waals surface area contributed by atoms with E-state index in [2.05, 4.69) is 58.5 Å². The fraction of sp³-hybridized carbons (Fsp3) is 0.478. The molecule has 32 heavy (non-hydrogen) atoms. The van der Waals surface area contributed by atoms with Crippen LogP contribution >= 0.6 is 0 Å². The monoisotopic (exact) mass is 434 g/mol. The van der Waals surface area contributed by atoms with Crippen LogP contribution in [0.5, 0.6) is 0 Å². The molecule has 9 nitrogen and oxygen atoms in total. The summed E-state index contributed by atoms with van der Waals surface area (Å²) >= 11 is 0. The van der Waals surface area contributed by atoms with Crippen molar-refractivity contribution in [3.05, 3.63) is 48.0 Å². The van der Waals surface area contributed by atoms with Gasteiger partial charge >= 0.3 is 0 Å². The lowest BCUT2D eigenvalue weighted by atomic mass is 9.73. The van der Waals surface area contributed by atoms with Crippen molar-refractivity contribution in [2.24, 2.45) is 7.05 Å². The maximum Gasteiger partial charge on any atom is 0.229 e. The molecule has 3 aromatic rings. The predicted octanol–water partition coefficient (Wildman–Crippen LogP) is 3.05. The number of fused-ring (bicyclic) bond motifs is 3. The van der Waals surface area contributed by atoms with E-state index in [-0.39, 0.29) is 17.1 Å². The Balaban J connectivity index is 1.61. The number of nitrogens with zero attached hydrogens (tertiary/aromatic N) is 6. The van der Waals surface area contributed by atoms with Crippen molar-refractivity contribution in [3.8, 4) is 0 Å². The van der Waals surface area contributed by atoms with E-state index >= 15 is 0 Å². The van der Waals surface area contributed by atoms with Crippen molar-refractivity contribution in [1.29, 1.82) is 0 Å². The summed E-state index contributed by atoms with van der Waals surface area (Å²) in [5, 5.41) is 10.7. The summed E-state index contributed by atoms with van der Waals surface area (Å²) in [6.45, 7) is 7.88. The third-order valence-corrected chi connectivity index (χ3v) is 6.46. The molecule has 5 rings (SSSR count). The number of anilines is 4. The topological polar surface area (TPSA) is 93.0 Å². The molecule has 0 amide bonds. The van der Waals surface area contributed by atoms with Crippen molar-refractivity contribution < 1.29 is 4.74 Å². The van der Waals surface area contributed by atoms with Crippen LogP contribution in [0.1, 0.15) is 38.4 Å². The lowest BCUT2D eigenvalue weighted by Crippen LogP contribution is -2.54. The van der Waals surface area contributed by atoms with Gasteiger partial charge in [-0.1, -0.05) is 13.0 Å². The van der Waals surface area contributed by atoms with E-state index < -0.39 is 0 Å². The standard InChI is InChI=1S/C23H30N8O/c1-22(2)9-18-23(3,14-32-22)17-12-25-21(28-16-11-26-30(5)13-16)29-20(17)31(18)19-8-6-7-15(27-19)10-24-4/h6-8,11-13,18,24H,9-10,14H2,1-5H3,(H,25,28,29)/t18-,23-/m1/s1. The van der Waals surface area contributed by atoms with Gasteiger partial charge in [0.15, 0.2) is 0 Å². The molecule has 2 aliphatic heterocycles. The predicted molar refractivity (Wildman–Crippen MR) is 123 cm³/mol. The highest BCUT2D eigenvalue weighted by Gasteiger charge is 2.55. The summed E-state index contributed by atoms with van der Waals surface area (Å²) in [4.78, 5) is 16.8. The second-order valence-electron chi connectivity index (χ2n) is 9.53. The molecule has 0 aromatic carbocycles. The molecule has 9 heteroatoms. The van der Waals surface area contributed by atoms with Crippen LogP contribution in [0.15, 0.2) is 36.8 Å². The Labute approximate surface area is 188 Å². The van der Waals surface area contributed by atoms with Gasteiger partial charge in [-0.3, -0.25) is 4.68 Å². The van der Waals surface area contributed by atoms with Crippen LogP contribution in [-0.4, -0.2) is 50.0 Å². The molecule has 0 aliphatic carbocycles. The lowest BCUT2D eigenvalue weighted by Gasteiger charge is -2.46. The molecule has 2 aliphatic rings. The van der Waals surface area contributed by atoms with E-state index in [1.807, 2.05) is 32.6 Å². The van der Waals surface area contributed by atoms with Gasteiger partial charge in [0.05, 0.1) is 35.8 Å². The van der Waals surface area contributed by atoms with Crippen molar-refractivity contribution in [2.75, 3.05) is 23.9 Å². The number of ether oxygens (including phenoxy) is 1. The van der Waals surface area contributed by atoms with E-state index in [0.717, 1.165) is 35.0 Å². The second kappa shape index (κ2) is 7.53. The van der Waals surface area contributed by atoms with Crippen molar-refractivity contribution >= 4 is 23.3 Å². The minimum Gasteiger partial charge on any atom is -0.374 e. The minimum atomic E-state index is -0.225. The zero-order chi connectivity index (χ0) is 22.5. The number of aromatic nitrogens is 5. The molecule has 1 saturated heterocycles. The van der Waals surface area contributed by atoms with Gasteiger partial charge in [-0.15, -0.1) is 0 Å². The van der Waals surface area contributed by atoms with E-state index in [0.29, 0.717) is 19.1 Å². The summed E-state index contributed by atoms with van der Waals surface area (Å²) in [5.41, 5.74) is 2.49. The Kier molecular flexibility index (Phi) is 4.90. The molecule has 3 aromatic heterocycles. The molecular formula is C23H30N8O. The Bertz CT molecular complexity index is 1140. The molecule has 0 saturated carbocycles. The van der Waals surface area contributed by atoms with Crippen LogP contribution in [0.3, 0.4) is 0 Å². The smallest absolute Gasteiger partial charge is 0.229 e. The van der Waals surface area contributed by atoms with Crippen molar-refractivity contribution in [1.82, 2.24) is 30.0 Å². The first-order valence-corrected chi connectivity index (χ1v) is 11.0. The number of rotatable bonds is 5. The van der Waals surface area contributed by atoms with Gasteiger partial charge in [-0.05, 0) is 39.4 Å². The molecule has 1 fully saturated rings. The average Bonchev–Trinajstić information content (AvgIpc) is 3.26. The van der Waals surface area contributed by atoms with Gasteiger partial charge in [0, 0.05) is 37.0 Å². The SMILES string of the molecule is CNCc1cccc(N2c3nc(Nc4cnn(C)c4)ncc3[C@@]3(C)COC(C)(C)C[C@@H]23)n1. The van der Waals surface area contributed by atoms with E-state index in [1.54, 1.807) is 10.9 Å². The van der Waals surface area contributed by atoms with Crippen LogP contribution in [0.25, 0.3) is 0 Å². The van der Waals surface area contributed by atoms with Crippen molar-refractivity contribution in [2.45, 2.75) is 50.8 Å². The molecule has 0 bridgehead atoms. The summed E-state index contributed by atoms with van der Waals surface area (Å²) in [7, 11) is 3.81. The molecule has 0 spiro atoms. The summed E-state index contributed by atoms with van der Waals surface area (Å²) in [6.07, 6.45) is 6.46. The summed E-state index contributed by atoms with van der Waals surface area (Å²) in [5.74, 6) is 2.32. The maximum absolute atomic E-state index is 6.27. The fourth-order valence-corrected chi connectivity index (χ4v) is 4.76. The highest BCUT2D eigenvalue weighted by atomic mass is 16.5. The molecule has 168 valence electrons. The first kappa shape index (κ1) is 20.8. The van der Waals surface area contributed by atoms with Gasteiger partial charge in [-0.2, -0.15) is 10.1 Å². The first-order valence-electron chi connectivity index (χ1n) is 11.0. The molecule has 0 radical (unpaired) electrons. The average molecular weight is 435 g/mol. The van der Waals surface area contributed by atoms with Gasteiger partial charge in [-0.25, -0.2) is 9.97 Å². The number of hydrogen-bond donors (Lipinski definition) is 2. The molecule has 0 unspecified atom stereocenters. The first-order chi connectivity index (χ1) is 15.3. The Morgan fingerprint density at radius 1 is 1.19 bits per heavy atom. The summed E-state index contributed by atoms with van der Waals surface area (Å²) in [6, 6.07) is 6.33. The highest BCUT2D eigenvalue weighted by molar-refractivity contribution is 5.70. The number of pyridine rings is 1. The molecule has 2 atom stereocenters. The zero-order valence-corrected chi connectivity index (χ0v) is 19.3. The minimum absolute atomic E-state index is 0.168. The van der Waals surface area contributed by atoms with Gasteiger partial charge in [0.1, 0.15) is 11.6 Å². The lowest BCUT2D eigenvalue weighted by molar-refractivity contribution is -0.0893. The van der Waals surface area contributed by atoms with E-state index in [4.69, 9.17) is 14.7 Å². The largest absolute Gasteiger partial charge is 0.374 e. The van der Waals surface area contributed by atoms with Crippen molar-refractivity contribution in [3.63, 3.8) is 0 Å². The second-order valence-corrected chi connectivity index (χ2v) is 9.53.